The monoisotopic (exact) mass is 332 g/mol. The van der Waals surface area contributed by atoms with Gasteiger partial charge in [-0.3, -0.25) is 4.79 Å². The molecule has 0 saturated carbocycles. The molecule has 0 spiro atoms. The first-order chi connectivity index (χ1) is 10.5. The van der Waals surface area contributed by atoms with E-state index >= 15 is 0 Å². The Labute approximate surface area is 140 Å². The number of hydrogen-bond donors (Lipinski definition) is 2. The van der Waals surface area contributed by atoms with Gasteiger partial charge in [-0.1, -0.05) is 35.9 Å². The van der Waals surface area contributed by atoms with Crippen molar-refractivity contribution in [2.45, 2.75) is 20.3 Å². The summed E-state index contributed by atoms with van der Waals surface area (Å²) in [6.07, 6.45) is 0.256. The zero-order valence-corrected chi connectivity index (χ0v) is 14.0. The Morgan fingerprint density at radius 2 is 1.82 bits per heavy atom. The molecule has 0 aliphatic rings. The van der Waals surface area contributed by atoms with E-state index in [1.807, 2.05) is 44.2 Å². The molecule has 0 heterocycles. The molecule has 1 amide bonds. The zero-order chi connectivity index (χ0) is 16.1. The van der Waals surface area contributed by atoms with Crippen molar-refractivity contribution in [3.05, 3.63) is 64.2 Å². The average Bonchev–Trinajstić information content (AvgIpc) is 2.46. The molecule has 0 aliphatic heterocycles. The van der Waals surface area contributed by atoms with Crippen molar-refractivity contribution in [1.29, 1.82) is 0 Å². The van der Waals surface area contributed by atoms with Crippen molar-refractivity contribution in [3.8, 4) is 0 Å². The molecule has 0 aromatic heterocycles. The summed E-state index contributed by atoms with van der Waals surface area (Å²) in [4.78, 5) is 12.0. The highest BCUT2D eigenvalue weighted by Crippen LogP contribution is 2.17. The number of nitrogens with one attached hydrogen (secondary N) is 2. The van der Waals surface area contributed by atoms with Crippen LogP contribution in [0.25, 0.3) is 0 Å². The number of amides is 1. The predicted molar refractivity (Wildman–Crippen MR) is 95.4 cm³/mol. The molecule has 0 fully saturated rings. The van der Waals surface area contributed by atoms with Crippen LogP contribution < -0.4 is 10.6 Å². The van der Waals surface area contributed by atoms with E-state index in [2.05, 4.69) is 10.6 Å². The van der Waals surface area contributed by atoms with Crippen molar-refractivity contribution < 1.29 is 4.79 Å². The van der Waals surface area contributed by atoms with E-state index < -0.39 is 0 Å². The highest BCUT2D eigenvalue weighted by Gasteiger charge is 2.08. The quantitative estimate of drug-likeness (QED) is 0.834. The van der Waals surface area contributed by atoms with Gasteiger partial charge in [0.05, 0.1) is 6.42 Å². The number of aryl methyl sites for hydroxylation is 1. The second kappa shape index (κ2) is 7.38. The van der Waals surface area contributed by atoms with Crippen LogP contribution in [0.4, 0.5) is 5.69 Å². The Morgan fingerprint density at radius 1 is 1.14 bits per heavy atom. The molecule has 2 N–H and O–H groups in total. The van der Waals surface area contributed by atoms with Crippen LogP contribution in [0.2, 0.25) is 5.02 Å². The minimum Gasteiger partial charge on any atom is -0.332 e. The van der Waals surface area contributed by atoms with E-state index in [9.17, 15) is 4.79 Å². The van der Waals surface area contributed by atoms with Gasteiger partial charge in [-0.15, -0.1) is 0 Å². The largest absolute Gasteiger partial charge is 0.332 e. The molecule has 5 heteroatoms. The molecule has 2 aromatic rings. The van der Waals surface area contributed by atoms with Crippen LogP contribution >= 0.6 is 23.8 Å². The lowest BCUT2D eigenvalue weighted by Gasteiger charge is -2.13. The van der Waals surface area contributed by atoms with Crippen LogP contribution in [-0.4, -0.2) is 11.0 Å². The van der Waals surface area contributed by atoms with Gasteiger partial charge in [-0.25, -0.2) is 0 Å². The topological polar surface area (TPSA) is 41.1 Å². The zero-order valence-electron chi connectivity index (χ0n) is 12.4. The molecule has 3 nitrogen and oxygen atoms in total. The van der Waals surface area contributed by atoms with Gasteiger partial charge in [-0.05, 0) is 61.0 Å². The van der Waals surface area contributed by atoms with E-state index in [1.165, 1.54) is 5.56 Å². The van der Waals surface area contributed by atoms with Crippen molar-refractivity contribution in [1.82, 2.24) is 5.32 Å². The maximum atomic E-state index is 12.0. The summed E-state index contributed by atoms with van der Waals surface area (Å²) in [6, 6.07) is 13.1. The van der Waals surface area contributed by atoms with Crippen molar-refractivity contribution in [3.63, 3.8) is 0 Å². The number of halogens is 1. The number of rotatable bonds is 3. The minimum absolute atomic E-state index is 0.162. The van der Waals surface area contributed by atoms with E-state index in [4.69, 9.17) is 23.8 Å². The smallest absolute Gasteiger partial charge is 0.230 e. The summed E-state index contributed by atoms with van der Waals surface area (Å²) >= 11 is 11.0. The fourth-order valence-corrected chi connectivity index (χ4v) is 2.35. The van der Waals surface area contributed by atoms with E-state index in [1.54, 1.807) is 12.1 Å². The van der Waals surface area contributed by atoms with Crippen LogP contribution in [0.15, 0.2) is 42.5 Å². The lowest BCUT2D eigenvalue weighted by molar-refractivity contribution is -0.119. The maximum absolute atomic E-state index is 12.0. The minimum atomic E-state index is -0.162. The second-order valence-electron chi connectivity index (χ2n) is 5.05. The summed E-state index contributed by atoms with van der Waals surface area (Å²) in [5.41, 5.74) is 4.06. The number of benzene rings is 2. The summed E-state index contributed by atoms with van der Waals surface area (Å²) in [6.45, 7) is 4.04. The fraction of sp³-hybridized carbons (Fsp3) is 0.176. The van der Waals surface area contributed by atoms with Crippen molar-refractivity contribution in [2.24, 2.45) is 0 Å². The second-order valence-corrected chi connectivity index (χ2v) is 5.90. The Kier molecular flexibility index (Phi) is 5.52. The third-order valence-electron chi connectivity index (χ3n) is 3.38. The van der Waals surface area contributed by atoms with Gasteiger partial charge >= 0.3 is 0 Å². The standard InChI is InChI=1S/C17H17ClN2OS/c1-11-4-3-5-15(12(11)2)19-17(22)20-16(21)10-13-6-8-14(18)9-7-13/h3-9H,10H2,1-2H3,(H2,19,20,21,22). The van der Waals surface area contributed by atoms with Crippen molar-refractivity contribution in [2.75, 3.05) is 5.32 Å². The number of hydrogen-bond acceptors (Lipinski definition) is 2. The number of carbonyl (C=O) groups excluding carboxylic acids is 1. The molecule has 0 aliphatic carbocycles. The van der Waals surface area contributed by atoms with Gasteiger partial charge < -0.3 is 10.6 Å². The Bertz CT molecular complexity index is 698. The molecule has 22 heavy (non-hydrogen) atoms. The molecule has 2 aromatic carbocycles. The van der Waals surface area contributed by atoms with Crippen LogP contribution in [0.1, 0.15) is 16.7 Å². The lowest BCUT2D eigenvalue weighted by atomic mass is 10.1. The normalized spacial score (nSPS) is 10.1. The molecule has 114 valence electrons. The first-order valence-corrected chi connectivity index (χ1v) is 7.66. The van der Waals surface area contributed by atoms with Gasteiger partial charge in [0.15, 0.2) is 5.11 Å². The third kappa shape index (κ3) is 4.55. The van der Waals surface area contributed by atoms with Gasteiger partial charge in [0.2, 0.25) is 5.91 Å². The molecule has 0 saturated heterocycles. The van der Waals surface area contributed by atoms with Gasteiger partial charge in [-0.2, -0.15) is 0 Å². The molecule has 0 unspecified atom stereocenters. The Balaban J connectivity index is 1.92. The lowest BCUT2D eigenvalue weighted by Crippen LogP contribution is -2.35. The number of thiocarbonyl (C=S) groups is 1. The molecule has 0 atom stereocenters. The van der Waals surface area contributed by atoms with Gasteiger partial charge in [0.1, 0.15) is 0 Å². The number of anilines is 1. The summed E-state index contributed by atoms with van der Waals surface area (Å²) in [7, 11) is 0. The molecule has 0 radical (unpaired) electrons. The van der Waals surface area contributed by atoms with Crippen LogP contribution in [0, 0.1) is 13.8 Å². The average molecular weight is 333 g/mol. The molecule has 0 bridgehead atoms. The number of carbonyl (C=O) groups is 1. The van der Waals surface area contributed by atoms with Crippen LogP contribution in [0.5, 0.6) is 0 Å². The first-order valence-electron chi connectivity index (χ1n) is 6.87. The first kappa shape index (κ1) is 16.5. The SMILES string of the molecule is Cc1cccc(NC(=S)NC(=O)Cc2ccc(Cl)cc2)c1C. The summed E-state index contributed by atoms with van der Waals surface area (Å²) in [5.74, 6) is -0.162. The van der Waals surface area contributed by atoms with Gasteiger partial charge in [0, 0.05) is 10.7 Å². The summed E-state index contributed by atoms with van der Waals surface area (Å²) < 4.78 is 0. The highest BCUT2D eigenvalue weighted by atomic mass is 35.5. The Hall–Kier alpha value is -1.91. The summed E-state index contributed by atoms with van der Waals surface area (Å²) in [5, 5.41) is 6.69. The van der Waals surface area contributed by atoms with Gasteiger partial charge in [0.25, 0.3) is 0 Å². The van der Waals surface area contributed by atoms with E-state index in [0.29, 0.717) is 10.1 Å². The van der Waals surface area contributed by atoms with Crippen LogP contribution in [0.3, 0.4) is 0 Å². The molecular weight excluding hydrogens is 316 g/mol. The molecule has 2 rings (SSSR count). The Morgan fingerprint density at radius 3 is 2.50 bits per heavy atom. The van der Waals surface area contributed by atoms with Crippen molar-refractivity contribution >= 4 is 40.5 Å². The van der Waals surface area contributed by atoms with E-state index in [0.717, 1.165) is 16.8 Å². The highest BCUT2D eigenvalue weighted by molar-refractivity contribution is 7.80. The fourth-order valence-electron chi connectivity index (χ4n) is 2.00. The van der Waals surface area contributed by atoms with Crippen LogP contribution in [-0.2, 0) is 11.2 Å². The molecular formula is C17H17ClN2OS. The third-order valence-corrected chi connectivity index (χ3v) is 3.84. The maximum Gasteiger partial charge on any atom is 0.230 e. The predicted octanol–water partition coefficient (Wildman–Crippen LogP) is 4.01. The van der Waals surface area contributed by atoms with E-state index in [-0.39, 0.29) is 12.3 Å².